The second kappa shape index (κ2) is 4.71. The number of hydrogen-bond donors (Lipinski definition) is 1. The summed E-state index contributed by atoms with van der Waals surface area (Å²) in [6.45, 7) is 5.92. The highest BCUT2D eigenvalue weighted by Gasteiger charge is 2.16. The molecule has 1 aromatic rings. The number of hydrogen-bond acceptors (Lipinski definition) is 1. The fourth-order valence-electron chi connectivity index (χ4n) is 1.58. The zero-order chi connectivity index (χ0) is 11.6. The van der Waals surface area contributed by atoms with Gasteiger partial charge in [-0.2, -0.15) is 0 Å². The second-order valence-corrected chi connectivity index (χ2v) is 4.07. The first-order valence-corrected chi connectivity index (χ1v) is 5.02. The Bertz CT molecular complexity index is 348. The van der Waals surface area contributed by atoms with E-state index in [1.165, 1.54) is 5.56 Å². The molecule has 1 nitrogen and oxygen atoms in total. The van der Waals surface area contributed by atoms with Crippen molar-refractivity contribution in [2.45, 2.75) is 39.7 Å². The van der Waals surface area contributed by atoms with Crippen LogP contribution in [0.15, 0.2) is 12.1 Å². The first-order valence-electron chi connectivity index (χ1n) is 5.02. The van der Waals surface area contributed by atoms with Gasteiger partial charge in [-0.15, -0.1) is 0 Å². The molecule has 0 aliphatic carbocycles. The largest absolute Gasteiger partial charge is 0.323 e. The summed E-state index contributed by atoms with van der Waals surface area (Å²) in [6.07, 6.45) is -2.21. The van der Waals surface area contributed by atoms with E-state index in [2.05, 4.69) is 0 Å². The van der Waals surface area contributed by atoms with Crippen LogP contribution >= 0.6 is 0 Å². The molecule has 0 saturated heterocycles. The van der Waals surface area contributed by atoms with Crippen molar-refractivity contribution in [3.05, 3.63) is 34.4 Å². The summed E-state index contributed by atoms with van der Waals surface area (Å²) in [5, 5.41) is 0. The Kier molecular flexibility index (Phi) is 3.80. The molecule has 2 N–H and O–H groups in total. The third-order valence-corrected chi connectivity index (χ3v) is 2.73. The van der Waals surface area contributed by atoms with Gasteiger partial charge in [-0.05, 0) is 49.4 Å². The van der Waals surface area contributed by atoms with Gasteiger partial charge < -0.3 is 5.73 Å². The van der Waals surface area contributed by atoms with Gasteiger partial charge in [0.05, 0.1) is 6.04 Å². The first kappa shape index (κ1) is 12.1. The van der Waals surface area contributed by atoms with E-state index in [-0.39, 0.29) is 6.42 Å². The zero-order valence-electron chi connectivity index (χ0n) is 9.35. The summed E-state index contributed by atoms with van der Waals surface area (Å²) in [4.78, 5) is 0. The predicted molar refractivity (Wildman–Crippen MR) is 58.3 cm³/mol. The number of aryl methyl sites for hydroxylation is 3. The Balaban J connectivity index is 2.91. The lowest BCUT2D eigenvalue weighted by atomic mass is 9.96. The summed E-state index contributed by atoms with van der Waals surface area (Å²) < 4.78 is 24.6. The predicted octanol–water partition coefficient (Wildman–Crippen LogP) is 2.75. The molecule has 0 bridgehead atoms. The van der Waals surface area contributed by atoms with E-state index in [9.17, 15) is 8.78 Å². The van der Waals surface area contributed by atoms with E-state index >= 15 is 0 Å². The van der Waals surface area contributed by atoms with Crippen molar-refractivity contribution < 1.29 is 8.78 Å². The molecule has 0 aromatic heterocycles. The Morgan fingerprint density at radius 1 is 1.07 bits per heavy atom. The number of halogens is 2. The highest BCUT2D eigenvalue weighted by molar-refractivity contribution is 5.36. The van der Waals surface area contributed by atoms with Crippen LogP contribution in [-0.2, 0) is 6.42 Å². The van der Waals surface area contributed by atoms with Gasteiger partial charge in [0.15, 0.2) is 0 Å². The standard InChI is InChI=1S/C12H17F2N/c1-7-4-9(3)10(5-8(7)2)6-11(15)12(13)14/h4-5,11-12H,6,15H2,1-3H3. The van der Waals surface area contributed by atoms with Crippen molar-refractivity contribution in [3.63, 3.8) is 0 Å². The molecule has 1 unspecified atom stereocenters. The van der Waals surface area contributed by atoms with Crippen LogP contribution in [0, 0.1) is 20.8 Å². The van der Waals surface area contributed by atoms with Gasteiger partial charge in [-0.25, -0.2) is 8.78 Å². The molecule has 1 atom stereocenters. The SMILES string of the molecule is Cc1cc(C)c(CC(N)C(F)F)cc1C. The number of alkyl halides is 2. The van der Waals surface area contributed by atoms with Crippen LogP contribution in [-0.4, -0.2) is 12.5 Å². The molecule has 15 heavy (non-hydrogen) atoms. The molecule has 3 heteroatoms. The molecule has 1 rings (SSSR count). The average Bonchev–Trinajstić information content (AvgIpc) is 2.13. The van der Waals surface area contributed by atoms with Crippen LogP contribution in [0.3, 0.4) is 0 Å². The van der Waals surface area contributed by atoms with Gasteiger partial charge in [0.1, 0.15) is 0 Å². The fraction of sp³-hybridized carbons (Fsp3) is 0.500. The van der Waals surface area contributed by atoms with Gasteiger partial charge in [0.25, 0.3) is 6.43 Å². The number of benzene rings is 1. The van der Waals surface area contributed by atoms with Gasteiger partial charge >= 0.3 is 0 Å². The molecule has 1 aromatic carbocycles. The van der Waals surface area contributed by atoms with Crippen molar-refractivity contribution in [2.75, 3.05) is 0 Å². The van der Waals surface area contributed by atoms with Gasteiger partial charge in [-0.1, -0.05) is 12.1 Å². The maximum Gasteiger partial charge on any atom is 0.253 e. The van der Waals surface area contributed by atoms with Crippen molar-refractivity contribution in [1.29, 1.82) is 0 Å². The van der Waals surface area contributed by atoms with E-state index < -0.39 is 12.5 Å². The zero-order valence-corrected chi connectivity index (χ0v) is 9.35. The molecule has 0 fully saturated rings. The van der Waals surface area contributed by atoms with E-state index in [1.54, 1.807) is 0 Å². The third-order valence-electron chi connectivity index (χ3n) is 2.73. The summed E-state index contributed by atoms with van der Waals surface area (Å²) >= 11 is 0. The summed E-state index contributed by atoms with van der Waals surface area (Å²) in [5.74, 6) is 0. The highest BCUT2D eigenvalue weighted by Crippen LogP contribution is 2.17. The van der Waals surface area contributed by atoms with E-state index in [4.69, 9.17) is 5.73 Å². The number of nitrogens with two attached hydrogens (primary N) is 1. The Morgan fingerprint density at radius 2 is 1.60 bits per heavy atom. The third kappa shape index (κ3) is 2.99. The molecule has 84 valence electrons. The molecular weight excluding hydrogens is 196 g/mol. The van der Waals surface area contributed by atoms with Crippen LogP contribution in [0.25, 0.3) is 0 Å². The van der Waals surface area contributed by atoms with Crippen LogP contribution < -0.4 is 5.73 Å². The minimum Gasteiger partial charge on any atom is -0.323 e. The van der Waals surface area contributed by atoms with Crippen LogP contribution in [0.4, 0.5) is 8.78 Å². The maximum absolute atomic E-state index is 12.3. The maximum atomic E-state index is 12.3. The van der Waals surface area contributed by atoms with E-state index in [0.29, 0.717) is 0 Å². The number of rotatable bonds is 3. The quantitative estimate of drug-likeness (QED) is 0.820. The minimum atomic E-state index is -2.45. The minimum absolute atomic E-state index is 0.241. The molecule has 0 aliphatic heterocycles. The molecule has 0 saturated carbocycles. The van der Waals surface area contributed by atoms with Crippen molar-refractivity contribution >= 4 is 0 Å². The Labute approximate surface area is 89.3 Å². The van der Waals surface area contributed by atoms with Gasteiger partial charge in [0, 0.05) is 0 Å². The molecular formula is C12H17F2N. The van der Waals surface area contributed by atoms with Gasteiger partial charge in [0.2, 0.25) is 0 Å². The molecule has 0 heterocycles. The van der Waals surface area contributed by atoms with Crippen LogP contribution in [0.2, 0.25) is 0 Å². The van der Waals surface area contributed by atoms with Crippen molar-refractivity contribution in [2.24, 2.45) is 5.73 Å². The summed E-state index contributed by atoms with van der Waals surface area (Å²) in [7, 11) is 0. The molecule has 0 radical (unpaired) electrons. The normalized spacial score (nSPS) is 13.3. The van der Waals surface area contributed by atoms with Crippen LogP contribution in [0.5, 0.6) is 0 Å². The summed E-state index contributed by atoms with van der Waals surface area (Å²) in [5.41, 5.74) is 9.62. The lowest BCUT2D eigenvalue weighted by Crippen LogP contribution is -2.31. The molecule has 0 aliphatic rings. The fourth-order valence-corrected chi connectivity index (χ4v) is 1.58. The first-order chi connectivity index (χ1) is 6.91. The summed E-state index contributed by atoms with van der Waals surface area (Å²) in [6, 6.07) is 2.90. The Hall–Kier alpha value is -0.960. The van der Waals surface area contributed by atoms with E-state index in [0.717, 1.165) is 16.7 Å². The molecule has 0 spiro atoms. The lowest BCUT2D eigenvalue weighted by Gasteiger charge is -2.14. The second-order valence-electron chi connectivity index (χ2n) is 4.07. The van der Waals surface area contributed by atoms with Crippen molar-refractivity contribution in [1.82, 2.24) is 0 Å². The van der Waals surface area contributed by atoms with Gasteiger partial charge in [-0.3, -0.25) is 0 Å². The smallest absolute Gasteiger partial charge is 0.253 e. The van der Waals surface area contributed by atoms with Crippen molar-refractivity contribution in [3.8, 4) is 0 Å². The van der Waals surface area contributed by atoms with Crippen LogP contribution in [0.1, 0.15) is 22.3 Å². The monoisotopic (exact) mass is 213 g/mol. The van der Waals surface area contributed by atoms with E-state index in [1.807, 2.05) is 32.9 Å². The average molecular weight is 213 g/mol. The lowest BCUT2D eigenvalue weighted by molar-refractivity contribution is 0.116. The molecule has 0 amide bonds. The topological polar surface area (TPSA) is 26.0 Å². The highest BCUT2D eigenvalue weighted by atomic mass is 19.3. The Morgan fingerprint density at radius 3 is 2.13 bits per heavy atom.